The first-order valence-electron chi connectivity index (χ1n) is 10.0. The molecule has 2 aromatic carbocycles. The van der Waals surface area contributed by atoms with E-state index in [1.165, 1.54) is 17.3 Å². The monoisotopic (exact) mass is 404 g/mol. The first-order chi connectivity index (χ1) is 14.6. The zero-order chi connectivity index (χ0) is 21.1. The number of benzene rings is 2. The van der Waals surface area contributed by atoms with Gasteiger partial charge in [0.2, 0.25) is 0 Å². The number of esters is 1. The van der Waals surface area contributed by atoms with E-state index in [9.17, 15) is 9.59 Å². The Morgan fingerprint density at radius 1 is 1.10 bits per heavy atom. The predicted octanol–water partition coefficient (Wildman–Crippen LogP) is 3.95. The van der Waals surface area contributed by atoms with E-state index in [-0.39, 0.29) is 12.0 Å². The molecule has 0 spiro atoms. The smallest absolute Gasteiger partial charge is 0.341 e. The normalized spacial score (nSPS) is 12.9. The number of nitrogens with one attached hydrogen (secondary N) is 1. The fraction of sp³-hybridized carbons (Fsp3) is 0.261. The van der Waals surface area contributed by atoms with E-state index in [1.54, 1.807) is 11.6 Å². The van der Waals surface area contributed by atoms with Crippen molar-refractivity contribution in [2.75, 3.05) is 18.5 Å². The van der Waals surface area contributed by atoms with Gasteiger partial charge in [-0.1, -0.05) is 24.3 Å². The van der Waals surface area contributed by atoms with Crippen LogP contribution in [0.1, 0.15) is 34.1 Å². The lowest BCUT2D eigenvalue weighted by atomic mass is 10.0. The van der Waals surface area contributed by atoms with Crippen LogP contribution in [0, 0.1) is 6.92 Å². The van der Waals surface area contributed by atoms with Crippen molar-refractivity contribution in [1.82, 2.24) is 14.7 Å². The third-order valence-electron chi connectivity index (χ3n) is 5.29. The van der Waals surface area contributed by atoms with Crippen LogP contribution in [0.4, 0.5) is 10.5 Å². The van der Waals surface area contributed by atoms with Gasteiger partial charge in [-0.3, -0.25) is 0 Å². The third-order valence-corrected chi connectivity index (χ3v) is 5.29. The van der Waals surface area contributed by atoms with Gasteiger partial charge in [0.15, 0.2) is 0 Å². The number of ether oxygens (including phenoxy) is 1. The standard InChI is InChI=1S/C23H24N4O3/c1-3-30-22(28)21-14-24-27(16(21)2)20-10-8-19(9-11-20)25-23(29)26-13-12-17-6-4-5-7-18(17)15-26/h4-11,14H,3,12-13,15H2,1-2H3,(H,25,29). The number of carbonyl (C=O) groups is 2. The van der Waals surface area contributed by atoms with E-state index in [0.717, 1.165) is 12.1 Å². The van der Waals surface area contributed by atoms with Gasteiger partial charge in [0.25, 0.3) is 0 Å². The second-order valence-electron chi connectivity index (χ2n) is 7.19. The Bertz CT molecular complexity index is 1070. The average molecular weight is 404 g/mol. The maximum absolute atomic E-state index is 12.7. The number of rotatable bonds is 4. The molecule has 0 saturated heterocycles. The van der Waals surface area contributed by atoms with E-state index in [1.807, 2.05) is 48.2 Å². The van der Waals surface area contributed by atoms with Crippen molar-refractivity contribution in [2.24, 2.45) is 0 Å². The molecule has 0 aliphatic carbocycles. The molecule has 2 amide bonds. The SMILES string of the molecule is CCOC(=O)c1cnn(-c2ccc(NC(=O)N3CCc4ccccc4C3)cc2)c1C. The predicted molar refractivity (Wildman–Crippen MR) is 114 cm³/mol. The van der Waals surface area contributed by atoms with Crippen molar-refractivity contribution in [3.8, 4) is 5.69 Å². The number of urea groups is 1. The third kappa shape index (κ3) is 3.91. The molecule has 30 heavy (non-hydrogen) atoms. The summed E-state index contributed by atoms with van der Waals surface area (Å²) in [5.41, 5.74) is 5.16. The highest BCUT2D eigenvalue weighted by molar-refractivity contribution is 5.91. The number of aromatic nitrogens is 2. The van der Waals surface area contributed by atoms with Gasteiger partial charge in [0.1, 0.15) is 5.56 Å². The van der Waals surface area contributed by atoms with Crippen molar-refractivity contribution < 1.29 is 14.3 Å². The van der Waals surface area contributed by atoms with Crippen LogP contribution in [0.5, 0.6) is 0 Å². The number of carbonyl (C=O) groups excluding carboxylic acids is 2. The van der Waals surface area contributed by atoms with Crippen LogP contribution in [0.2, 0.25) is 0 Å². The van der Waals surface area contributed by atoms with Gasteiger partial charge in [-0.05, 0) is 55.7 Å². The lowest BCUT2D eigenvalue weighted by molar-refractivity contribution is 0.0525. The largest absolute Gasteiger partial charge is 0.462 e. The molecule has 1 aromatic heterocycles. The van der Waals surface area contributed by atoms with E-state index < -0.39 is 0 Å². The molecule has 7 nitrogen and oxygen atoms in total. The Kier molecular flexibility index (Phi) is 5.52. The summed E-state index contributed by atoms with van der Waals surface area (Å²) in [7, 11) is 0. The summed E-state index contributed by atoms with van der Waals surface area (Å²) in [5.74, 6) is -0.381. The molecule has 1 aliphatic heterocycles. The van der Waals surface area contributed by atoms with Crippen LogP contribution >= 0.6 is 0 Å². The molecular formula is C23H24N4O3. The lowest BCUT2D eigenvalue weighted by Gasteiger charge is -2.29. The minimum absolute atomic E-state index is 0.114. The number of hydrogen-bond donors (Lipinski definition) is 1. The van der Waals surface area contributed by atoms with Crippen LogP contribution < -0.4 is 5.32 Å². The molecule has 0 unspecified atom stereocenters. The maximum Gasteiger partial charge on any atom is 0.341 e. The van der Waals surface area contributed by atoms with Crippen LogP contribution in [0.3, 0.4) is 0 Å². The number of anilines is 1. The summed E-state index contributed by atoms with van der Waals surface area (Å²) in [5, 5.41) is 7.25. The van der Waals surface area contributed by atoms with Crippen LogP contribution in [0.15, 0.2) is 54.7 Å². The molecule has 3 aromatic rings. The van der Waals surface area contributed by atoms with Gasteiger partial charge < -0.3 is 15.0 Å². The summed E-state index contributed by atoms with van der Waals surface area (Å²) < 4.78 is 6.74. The Morgan fingerprint density at radius 3 is 2.57 bits per heavy atom. The molecule has 0 atom stereocenters. The zero-order valence-electron chi connectivity index (χ0n) is 17.1. The first kappa shape index (κ1) is 19.7. The fourth-order valence-corrected chi connectivity index (χ4v) is 3.64. The lowest BCUT2D eigenvalue weighted by Crippen LogP contribution is -2.38. The van der Waals surface area contributed by atoms with Crippen molar-refractivity contribution in [1.29, 1.82) is 0 Å². The second-order valence-corrected chi connectivity index (χ2v) is 7.19. The van der Waals surface area contributed by atoms with Crippen molar-refractivity contribution in [2.45, 2.75) is 26.8 Å². The van der Waals surface area contributed by atoms with Crippen LogP contribution in [-0.2, 0) is 17.7 Å². The first-order valence-corrected chi connectivity index (χ1v) is 10.0. The Morgan fingerprint density at radius 2 is 1.83 bits per heavy atom. The number of nitrogens with zero attached hydrogens (tertiary/aromatic N) is 3. The number of hydrogen-bond acceptors (Lipinski definition) is 4. The Hall–Kier alpha value is -3.61. The summed E-state index contributed by atoms with van der Waals surface area (Å²) >= 11 is 0. The molecule has 0 fully saturated rings. The highest BCUT2D eigenvalue weighted by atomic mass is 16.5. The second kappa shape index (κ2) is 8.41. The molecule has 2 heterocycles. The molecule has 7 heteroatoms. The number of amides is 2. The molecule has 4 rings (SSSR count). The van der Waals surface area contributed by atoms with Crippen molar-refractivity contribution >= 4 is 17.7 Å². The van der Waals surface area contributed by atoms with E-state index in [4.69, 9.17) is 4.74 Å². The topological polar surface area (TPSA) is 76.5 Å². The number of fused-ring (bicyclic) bond motifs is 1. The van der Waals surface area contributed by atoms with E-state index in [0.29, 0.717) is 36.6 Å². The average Bonchev–Trinajstić information content (AvgIpc) is 3.15. The molecule has 0 radical (unpaired) electrons. The van der Waals surface area contributed by atoms with E-state index >= 15 is 0 Å². The van der Waals surface area contributed by atoms with Gasteiger partial charge in [0, 0.05) is 18.8 Å². The van der Waals surface area contributed by atoms with Crippen LogP contribution in [-0.4, -0.2) is 39.8 Å². The molecular weight excluding hydrogens is 380 g/mol. The molecule has 0 bridgehead atoms. The summed E-state index contributed by atoms with van der Waals surface area (Å²) in [6.45, 7) is 5.23. The molecule has 1 aliphatic rings. The van der Waals surface area contributed by atoms with Gasteiger partial charge in [-0.2, -0.15) is 5.10 Å². The Labute approximate surface area is 175 Å². The van der Waals surface area contributed by atoms with Crippen LogP contribution in [0.25, 0.3) is 5.69 Å². The summed E-state index contributed by atoms with van der Waals surface area (Å²) in [4.78, 5) is 26.5. The van der Waals surface area contributed by atoms with E-state index in [2.05, 4.69) is 22.5 Å². The van der Waals surface area contributed by atoms with Gasteiger partial charge in [0.05, 0.1) is 24.2 Å². The Balaban J connectivity index is 1.43. The van der Waals surface area contributed by atoms with Crippen molar-refractivity contribution in [3.63, 3.8) is 0 Å². The summed E-state index contributed by atoms with van der Waals surface area (Å²) in [6.07, 6.45) is 2.38. The minimum atomic E-state index is -0.381. The van der Waals surface area contributed by atoms with Gasteiger partial charge >= 0.3 is 12.0 Å². The zero-order valence-corrected chi connectivity index (χ0v) is 17.1. The minimum Gasteiger partial charge on any atom is -0.462 e. The van der Waals surface area contributed by atoms with Gasteiger partial charge in [-0.15, -0.1) is 0 Å². The quantitative estimate of drug-likeness (QED) is 0.668. The highest BCUT2D eigenvalue weighted by Crippen LogP contribution is 2.21. The highest BCUT2D eigenvalue weighted by Gasteiger charge is 2.20. The molecule has 0 saturated carbocycles. The molecule has 154 valence electrons. The molecule has 1 N–H and O–H groups in total. The maximum atomic E-state index is 12.7. The van der Waals surface area contributed by atoms with Crippen molar-refractivity contribution in [3.05, 3.63) is 77.1 Å². The van der Waals surface area contributed by atoms with Gasteiger partial charge in [-0.25, -0.2) is 14.3 Å². The fourth-order valence-electron chi connectivity index (χ4n) is 3.64. The summed E-state index contributed by atoms with van der Waals surface area (Å²) in [6, 6.07) is 15.5.